The van der Waals surface area contributed by atoms with Crippen LogP contribution in [0, 0.1) is 0 Å². The number of hydrogen-bond donors (Lipinski definition) is 2. The van der Waals surface area contributed by atoms with Crippen molar-refractivity contribution in [1.82, 2.24) is 0 Å². The second kappa shape index (κ2) is 24.5. The van der Waals surface area contributed by atoms with Gasteiger partial charge in [0.2, 0.25) is 0 Å². The molecule has 0 aromatic rings. The normalized spacial score (nSPS) is 13.0. The van der Waals surface area contributed by atoms with E-state index >= 15 is 0 Å². The lowest BCUT2D eigenvalue weighted by atomic mass is 10.3. The van der Waals surface area contributed by atoms with Gasteiger partial charge in [0, 0.05) is 7.11 Å². The summed E-state index contributed by atoms with van der Waals surface area (Å²) in [5, 5.41) is 15.2. The number of hydrogen-bond acceptors (Lipinski definition) is 3. The van der Waals surface area contributed by atoms with E-state index < -0.39 is 0 Å². The van der Waals surface area contributed by atoms with E-state index in [0.29, 0.717) is 6.10 Å². The Morgan fingerprint density at radius 2 is 1.35 bits per heavy atom. The Morgan fingerprint density at radius 3 is 1.47 bits per heavy atom. The molecule has 0 atom stereocenters. The third-order valence-corrected chi connectivity index (χ3v) is 1.74. The summed E-state index contributed by atoms with van der Waals surface area (Å²) in [6.45, 7) is 10.2. The zero-order valence-corrected chi connectivity index (χ0v) is 11.7. The van der Waals surface area contributed by atoms with Crippen LogP contribution in [0.1, 0.15) is 39.5 Å². The SMILES string of the molecule is C=CC.C=CC.COC1CCCC1.OCCO. The van der Waals surface area contributed by atoms with Crippen LogP contribution in [0.4, 0.5) is 0 Å². The molecule has 0 radical (unpaired) electrons. The summed E-state index contributed by atoms with van der Waals surface area (Å²) in [4.78, 5) is 0. The van der Waals surface area contributed by atoms with Crippen molar-refractivity contribution in [2.75, 3.05) is 20.3 Å². The quantitative estimate of drug-likeness (QED) is 0.737. The molecule has 1 saturated carbocycles. The van der Waals surface area contributed by atoms with Gasteiger partial charge in [-0.05, 0) is 26.7 Å². The standard InChI is InChI=1S/C6H12O.2C3H6.C2H6O2/c1-7-6-4-2-3-5-6;2*1-3-2;3-1-2-4/h6H,2-5H2,1H3;2*3H,1H2,2H3;3-4H,1-2H2. The lowest BCUT2D eigenvalue weighted by Gasteiger charge is -2.02. The highest BCUT2D eigenvalue weighted by molar-refractivity contribution is 4.65. The fraction of sp³-hybridized carbons (Fsp3) is 0.714. The summed E-state index contributed by atoms with van der Waals surface area (Å²) in [6, 6.07) is 0. The largest absolute Gasteiger partial charge is 0.394 e. The molecular formula is C14H30O3. The zero-order valence-electron chi connectivity index (χ0n) is 11.7. The number of ether oxygens (including phenoxy) is 1. The summed E-state index contributed by atoms with van der Waals surface area (Å²) in [5.41, 5.74) is 0. The summed E-state index contributed by atoms with van der Waals surface area (Å²) in [7, 11) is 1.80. The van der Waals surface area contributed by atoms with Gasteiger partial charge in [-0.3, -0.25) is 0 Å². The Kier molecular flexibility index (Phi) is 31.2. The highest BCUT2D eigenvalue weighted by Gasteiger charge is 2.12. The minimum absolute atomic E-state index is 0.125. The minimum Gasteiger partial charge on any atom is -0.394 e. The predicted molar refractivity (Wildman–Crippen MR) is 75.2 cm³/mol. The second-order valence-electron chi connectivity index (χ2n) is 3.41. The lowest BCUT2D eigenvalue weighted by molar-refractivity contribution is 0.109. The van der Waals surface area contributed by atoms with Crippen molar-refractivity contribution in [3.8, 4) is 0 Å². The van der Waals surface area contributed by atoms with Gasteiger partial charge in [0.25, 0.3) is 0 Å². The maximum atomic E-state index is 7.62. The molecule has 0 aromatic heterocycles. The molecular weight excluding hydrogens is 216 g/mol. The number of aliphatic hydroxyl groups excluding tert-OH is 2. The first kappa shape index (κ1) is 21.6. The highest BCUT2D eigenvalue weighted by atomic mass is 16.5. The molecule has 0 spiro atoms. The molecule has 0 aromatic carbocycles. The molecule has 2 N–H and O–H groups in total. The monoisotopic (exact) mass is 246 g/mol. The van der Waals surface area contributed by atoms with Crippen LogP contribution in [0.15, 0.2) is 25.3 Å². The molecule has 0 heterocycles. The van der Waals surface area contributed by atoms with E-state index in [9.17, 15) is 0 Å². The van der Waals surface area contributed by atoms with Crippen LogP contribution in [0.5, 0.6) is 0 Å². The molecule has 1 aliphatic carbocycles. The topological polar surface area (TPSA) is 49.7 Å². The Bertz CT molecular complexity index is 121. The van der Waals surface area contributed by atoms with Crippen LogP contribution in [-0.2, 0) is 4.74 Å². The van der Waals surface area contributed by atoms with Crippen LogP contribution in [0.2, 0.25) is 0 Å². The number of allylic oxidation sites excluding steroid dienone is 2. The second-order valence-corrected chi connectivity index (χ2v) is 3.41. The highest BCUT2D eigenvalue weighted by Crippen LogP contribution is 2.19. The van der Waals surface area contributed by atoms with Gasteiger partial charge in [-0.15, -0.1) is 13.2 Å². The van der Waals surface area contributed by atoms with E-state index in [1.165, 1.54) is 25.7 Å². The Balaban J connectivity index is -0.000000170. The van der Waals surface area contributed by atoms with Gasteiger partial charge in [0.05, 0.1) is 19.3 Å². The summed E-state index contributed by atoms with van der Waals surface area (Å²) in [6.07, 6.45) is 9.42. The van der Waals surface area contributed by atoms with Crippen molar-refractivity contribution in [2.24, 2.45) is 0 Å². The van der Waals surface area contributed by atoms with Crippen LogP contribution >= 0.6 is 0 Å². The van der Waals surface area contributed by atoms with E-state index in [1.54, 1.807) is 19.3 Å². The molecule has 1 rings (SSSR count). The van der Waals surface area contributed by atoms with E-state index in [2.05, 4.69) is 13.2 Å². The maximum Gasteiger partial charge on any atom is 0.0662 e. The van der Waals surface area contributed by atoms with Crippen LogP contribution < -0.4 is 0 Å². The molecule has 1 aliphatic rings. The van der Waals surface area contributed by atoms with Gasteiger partial charge in [-0.2, -0.15) is 0 Å². The minimum atomic E-state index is -0.125. The first-order chi connectivity index (χ1) is 8.17. The Labute approximate surface area is 107 Å². The fourth-order valence-electron chi connectivity index (χ4n) is 1.12. The van der Waals surface area contributed by atoms with E-state index in [1.807, 2.05) is 13.8 Å². The van der Waals surface area contributed by atoms with Crippen molar-refractivity contribution in [3.63, 3.8) is 0 Å². The Morgan fingerprint density at radius 1 is 1.06 bits per heavy atom. The molecule has 17 heavy (non-hydrogen) atoms. The maximum absolute atomic E-state index is 7.62. The van der Waals surface area contributed by atoms with Crippen molar-refractivity contribution in [1.29, 1.82) is 0 Å². The van der Waals surface area contributed by atoms with Crippen molar-refractivity contribution in [2.45, 2.75) is 45.6 Å². The van der Waals surface area contributed by atoms with Crippen LogP contribution in [-0.4, -0.2) is 36.6 Å². The van der Waals surface area contributed by atoms with Gasteiger partial charge in [-0.1, -0.05) is 25.0 Å². The molecule has 0 aliphatic heterocycles. The molecule has 0 bridgehead atoms. The summed E-state index contributed by atoms with van der Waals surface area (Å²) in [5.74, 6) is 0. The third-order valence-electron chi connectivity index (χ3n) is 1.74. The molecule has 3 heteroatoms. The first-order valence-electron chi connectivity index (χ1n) is 6.06. The smallest absolute Gasteiger partial charge is 0.0662 e. The van der Waals surface area contributed by atoms with E-state index in [0.717, 1.165) is 0 Å². The molecule has 0 amide bonds. The Hall–Kier alpha value is -0.640. The van der Waals surface area contributed by atoms with Crippen molar-refractivity contribution >= 4 is 0 Å². The fourth-order valence-corrected chi connectivity index (χ4v) is 1.12. The molecule has 0 unspecified atom stereocenters. The van der Waals surface area contributed by atoms with E-state index in [4.69, 9.17) is 14.9 Å². The third kappa shape index (κ3) is 31.3. The van der Waals surface area contributed by atoms with Gasteiger partial charge in [0.1, 0.15) is 0 Å². The summed E-state index contributed by atoms with van der Waals surface area (Å²) < 4.78 is 5.11. The van der Waals surface area contributed by atoms with E-state index in [-0.39, 0.29) is 13.2 Å². The molecule has 1 fully saturated rings. The van der Waals surface area contributed by atoms with Crippen LogP contribution in [0.25, 0.3) is 0 Å². The number of aliphatic hydroxyl groups is 2. The summed E-state index contributed by atoms with van der Waals surface area (Å²) >= 11 is 0. The van der Waals surface area contributed by atoms with Gasteiger partial charge in [-0.25, -0.2) is 0 Å². The predicted octanol–water partition coefficient (Wildman–Crippen LogP) is 2.93. The zero-order chi connectivity index (χ0) is 13.9. The van der Waals surface area contributed by atoms with Gasteiger partial charge < -0.3 is 14.9 Å². The average Bonchev–Trinajstić information content (AvgIpc) is 2.84. The lowest BCUT2D eigenvalue weighted by Crippen LogP contribution is -2.01. The van der Waals surface area contributed by atoms with Gasteiger partial charge in [0.15, 0.2) is 0 Å². The van der Waals surface area contributed by atoms with Gasteiger partial charge >= 0.3 is 0 Å². The molecule has 104 valence electrons. The van der Waals surface area contributed by atoms with Crippen molar-refractivity contribution < 1.29 is 14.9 Å². The number of rotatable bonds is 2. The molecule has 3 nitrogen and oxygen atoms in total. The number of methoxy groups -OCH3 is 1. The molecule has 0 saturated heterocycles. The van der Waals surface area contributed by atoms with Crippen molar-refractivity contribution in [3.05, 3.63) is 25.3 Å². The average molecular weight is 246 g/mol. The van der Waals surface area contributed by atoms with Crippen LogP contribution in [0.3, 0.4) is 0 Å². The first-order valence-corrected chi connectivity index (χ1v) is 6.06.